The molecule has 0 aromatic heterocycles. The highest BCUT2D eigenvalue weighted by atomic mass is 16.5. The van der Waals surface area contributed by atoms with E-state index in [1.165, 1.54) is 17.6 Å². The topological polar surface area (TPSA) is 26.3 Å². The molecule has 0 N–H and O–H groups in total. The second-order valence-corrected chi connectivity index (χ2v) is 6.65. The van der Waals surface area contributed by atoms with Crippen molar-refractivity contribution in [3.63, 3.8) is 0 Å². The minimum Gasteiger partial charge on any atom is -0.458 e. The van der Waals surface area contributed by atoms with Gasteiger partial charge in [-0.15, -0.1) is 0 Å². The Morgan fingerprint density at radius 1 is 1.41 bits per heavy atom. The summed E-state index contributed by atoms with van der Waals surface area (Å²) in [6.45, 7) is 7.51. The second-order valence-electron chi connectivity index (χ2n) is 6.65. The molecule has 2 aliphatic carbocycles. The van der Waals surface area contributed by atoms with Crippen LogP contribution in [0.4, 0.5) is 0 Å². The minimum atomic E-state index is -0.106. The van der Waals surface area contributed by atoms with Crippen LogP contribution in [0.25, 0.3) is 0 Å². The molecule has 2 nitrogen and oxygen atoms in total. The van der Waals surface area contributed by atoms with Crippen molar-refractivity contribution in [3.8, 4) is 0 Å². The smallest absolute Gasteiger partial charge is 0.338 e. The van der Waals surface area contributed by atoms with Crippen molar-refractivity contribution < 1.29 is 9.53 Å². The van der Waals surface area contributed by atoms with Crippen molar-refractivity contribution in [2.24, 2.45) is 17.3 Å². The molecule has 1 fully saturated rings. The zero-order valence-corrected chi connectivity index (χ0v) is 10.9. The maximum Gasteiger partial charge on any atom is 0.338 e. The highest BCUT2D eigenvalue weighted by molar-refractivity contribution is 5.95. The van der Waals surface area contributed by atoms with Gasteiger partial charge >= 0.3 is 5.97 Å². The Labute approximate surface area is 103 Å². The Hall–Kier alpha value is -1.05. The monoisotopic (exact) mass is 232 g/mol. The molecule has 3 aliphatic rings. The van der Waals surface area contributed by atoms with E-state index in [2.05, 4.69) is 26.8 Å². The number of hydrogen-bond donors (Lipinski definition) is 0. The molecule has 0 spiro atoms. The van der Waals surface area contributed by atoms with E-state index in [0.29, 0.717) is 23.9 Å². The minimum absolute atomic E-state index is 0.106. The molecule has 0 radical (unpaired) electrons. The summed E-state index contributed by atoms with van der Waals surface area (Å²) in [5.74, 6) is 1.21. The van der Waals surface area contributed by atoms with Crippen LogP contribution in [0.3, 0.4) is 0 Å². The van der Waals surface area contributed by atoms with Gasteiger partial charge in [0.15, 0.2) is 0 Å². The summed E-state index contributed by atoms with van der Waals surface area (Å²) >= 11 is 0. The van der Waals surface area contributed by atoms with Gasteiger partial charge < -0.3 is 4.74 Å². The van der Waals surface area contributed by atoms with Crippen LogP contribution in [-0.2, 0) is 9.53 Å². The Morgan fingerprint density at radius 3 is 2.94 bits per heavy atom. The molecule has 0 bridgehead atoms. The summed E-state index contributed by atoms with van der Waals surface area (Å²) in [6.07, 6.45) is 5.57. The number of carbonyl (C=O) groups is 1. The van der Waals surface area contributed by atoms with E-state index in [-0.39, 0.29) is 5.97 Å². The van der Waals surface area contributed by atoms with Gasteiger partial charge in [0.25, 0.3) is 0 Å². The van der Waals surface area contributed by atoms with E-state index in [4.69, 9.17) is 4.74 Å². The van der Waals surface area contributed by atoms with Crippen molar-refractivity contribution in [1.82, 2.24) is 0 Å². The maximum atomic E-state index is 11.7. The number of fused-ring (bicyclic) bond motifs is 1. The van der Waals surface area contributed by atoms with Crippen LogP contribution in [0.15, 0.2) is 22.8 Å². The van der Waals surface area contributed by atoms with Crippen LogP contribution in [0.5, 0.6) is 0 Å². The summed E-state index contributed by atoms with van der Waals surface area (Å²) in [7, 11) is 0. The predicted molar refractivity (Wildman–Crippen MR) is 66.4 cm³/mol. The van der Waals surface area contributed by atoms with Gasteiger partial charge in [0.1, 0.15) is 6.61 Å². The number of carbonyl (C=O) groups excluding carboxylic acids is 1. The van der Waals surface area contributed by atoms with E-state index >= 15 is 0 Å². The van der Waals surface area contributed by atoms with Gasteiger partial charge in [-0.1, -0.05) is 26.3 Å². The second kappa shape index (κ2) is 3.47. The molecule has 3 rings (SSSR count). The molecule has 0 saturated heterocycles. The van der Waals surface area contributed by atoms with E-state index in [1.807, 2.05) is 0 Å². The molecule has 1 saturated carbocycles. The van der Waals surface area contributed by atoms with Crippen LogP contribution in [0, 0.1) is 17.3 Å². The number of rotatable bonds is 0. The normalized spacial score (nSPS) is 35.0. The number of esters is 1. The largest absolute Gasteiger partial charge is 0.458 e. The van der Waals surface area contributed by atoms with Gasteiger partial charge in [-0.3, -0.25) is 0 Å². The Bertz CT molecular complexity index is 440. The molecular weight excluding hydrogens is 212 g/mol. The average molecular weight is 232 g/mol. The number of allylic oxidation sites excluding steroid dienone is 1. The standard InChI is InChI=1S/C15H20O2/c1-9-4-11-8-17-14(16)12(11)5-10-6-15(2,3)7-13(9)10/h5,9,13H,4,6-8H2,1-3H3/t9-,13+/m1/s1. The molecule has 1 aliphatic heterocycles. The van der Waals surface area contributed by atoms with Crippen molar-refractivity contribution in [2.75, 3.05) is 6.61 Å². The van der Waals surface area contributed by atoms with Gasteiger partial charge in [0.05, 0.1) is 5.57 Å². The Morgan fingerprint density at radius 2 is 2.18 bits per heavy atom. The zero-order valence-electron chi connectivity index (χ0n) is 10.9. The van der Waals surface area contributed by atoms with Gasteiger partial charge in [0.2, 0.25) is 0 Å². The van der Waals surface area contributed by atoms with Crippen LogP contribution in [-0.4, -0.2) is 12.6 Å². The Kier molecular flexibility index (Phi) is 2.26. The molecular formula is C15H20O2. The predicted octanol–water partition coefficient (Wildman–Crippen LogP) is 3.24. The molecule has 1 heterocycles. The van der Waals surface area contributed by atoms with E-state index in [9.17, 15) is 4.79 Å². The molecule has 0 amide bonds. The first-order chi connectivity index (χ1) is 7.96. The molecule has 2 atom stereocenters. The average Bonchev–Trinajstić information content (AvgIpc) is 2.68. The molecule has 0 aromatic rings. The Balaban J connectivity index is 2.02. The summed E-state index contributed by atoms with van der Waals surface area (Å²) in [4.78, 5) is 11.7. The lowest BCUT2D eigenvalue weighted by atomic mass is 9.83. The highest BCUT2D eigenvalue weighted by Gasteiger charge is 2.41. The van der Waals surface area contributed by atoms with Crippen LogP contribution in [0.2, 0.25) is 0 Å². The third-order valence-electron chi connectivity index (χ3n) is 4.49. The van der Waals surface area contributed by atoms with Gasteiger partial charge in [-0.2, -0.15) is 0 Å². The van der Waals surface area contributed by atoms with E-state index in [0.717, 1.165) is 18.4 Å². The third-order valence-corrected chi connectivity index (χ3v) is 4.49. The summed E-state index contributed by atoms with van der Waals surface area (Å²) in [6, 6.07) is 0. The summed E-state index contributed by atoms with van der Waals surface area (Å²) in [5, 5.41) is 0. The summed E-state index contributed by atoms with van der Waals surface area (Å²) in [5.41, 5.74) is 3.96. The van der Waals surface area contributed by atoms with Crippen molar-refractivity contribution >= 4 is 5.97 Å². The van der Waals surface area contributed by atoms with Gasteiger partial charge in [-0.25, -0.2) is 4.79 Å². The maximum absolute atomic E-state index is 11.7. The molecule has 17 heavy (non-hydrogen) atoms. The van der Waals surface area contributed by atoms with Crippen LogP contribution >= 0.6 is 0 Å². The lowest BCUT2D eigenvalue weighted by molar-refractivity contribution is -0.135. The molecule has 2 heteroatoms. The molecule has 0 aromatic carbocycles. The number of hydrogen-bond acceptors (Lipinski definition) is 2. The first-order valence-electron chi connectivity index (χ1n) is 6.56. The quantitative estimate of drug-likeness (QED) is 0.599. The highest BCUT2D eigenvalue weighted by Crippen LogP contribution is 2.51. The SMILES string of the molecule is C[C@@H]1CC2=C(C=C3CC(C)(C)C[C@H]31)C(=O)OC2. The van der Waals surface area contributed by atoms with Crippen molar-refractivity contribution in [2.45, 2.75) is 40.0 Å². The van der Waals surface area contributed by atoms with Crippen LogP contribution in [0.1, 0.15) is 40.0 Å². The number of ether oxygens (including phenoxy) is 1. The lowest BCUT2D eigenvalue weighted by Crippen LogP contribution is -2.12. The van der Waals surface area contributed by atoms with E-state index in [1.54, 1.807) is 0 Å². The first kappa shape index (κ1) is 11.1. The number of cyclic esters (lactones) is 1. The zero-order chi connectivity index (χ0) is 12.2. The first-order valence-corrected chi connectivity index (χ1v) is 6.56. The van der Waals surface area contributed by atoms with Crippen molar-refractivity contribution in [3.05, 3.63) is 22.8 Å². The van der Waals surface area contributed by atoms with Crippen molar-refractivity contribution in [1.29, 1.82) is 0 Å². The fourth-order valence-corrected chi connectivity index (χ4v) is 3.71. The van der Waals surface area contributed by atoms with Crippen LogP contribution < -0.4 is 0 Å². The lowest BCUT2D eigenvalue weighted by Gasteiger charge is -2.21. The van der Waals surface area contributed by atoms with Gasteiger partial charge in [0, 0.05) is 0 Å². The van der Waals surface area contributed by atoms with Gasteiger partial charge in [-0.05, 0) is 48.2 Å². The third kappa shape index (κ3) is 1.74. The molecule has 0 unspecified atom stereocenters. The molecule has 92 valence electrons. The fraction of sp³-hybridized carbons (Fsp3) is 0.667. The fourth-order valence-electron chi connectivity index (χ4n) is 3.71. The summed E-state index contributed by atoms with van der Waals surface area (Å²) < 4.78 is 5.15. The van der Waals surface area contributed by atoms with E-state index < -0.39 is 0 Å².